The molecule has 0 fully saturated rings. The average molecular weight is 342 g/mol. The summed E-state index contributed by atoms with van der Waals surface area (Å²) in [5, 5.41) is 5.70. The van der Waals surface area contributed by atoms with E-state index < -0.39 is 0 Å². The molecule has 0 amide bonds. The molecule has 0 atom stereocenters. The lowest BCUT2D eigenvalue weighted by Gasteiger charge is -2.08. The Labute approximate surface area is 151 Å². The molecule has 6 nitrogen and oxygen atoms in total. The number of benzene rings is 1. The molecule has 0 unspecified atom stereocenters. The number of imidazole rings is 1. The minimum absolute atomic E-state index is 0.515. The predicted octanol–water partition coefficient (Wildman–Crippen LogP) is 3.78. The van der Waals surface area contributed by atoms with Gasteiger partial charge in [0.2, 0.25) is 6.54 Å². The molecule has 26 heavy (non-hydrogen) atoms. The molecule has 0 radical (unpaired) electrons. The molecular weight excluding hydrogens is 324 g/mol. The van der Waals surface area contributed by atoms with E-state index in [0.717, 1.165) is 46.4 Å². The molecule has 4 aromatic rings. The third-order valence-corrected chi connectivity index (χ3v) is 4.45. The second-order valence-corrected chi connectivity index (χ2v) is 6.04. The number of fused-ring (bicyclic) bond motifs is 2. The lowest BCUT2D eigenvalue weighted by molar-refractivity contribution is 0.599. The Hall–Kier alpha value is -3.46. The minimum Gasteiger partial charge on any atom is -0.326 e. The van der Waals surface area contributed by atoms with E-state index in [9.17, 15) is 0 Å². The van der Waals surface area contributed by atoms with Crippen molar-refractivity contribution in [2.24, 2.45) is 0 Å². The van der Waals surface area contributed by atoms with Gasteiger partial charge in [-0.3, -0.25) is 9.67 Å². The summed E-state index contributed by atoms with van der Waals surface area (Å²) >= 11 is 0. The number of rotatable bonds is 6. The number of aromatic nitrogens is 5. The van der Waals surface area contributed by atoms with Crippen LogP contribution in [0.3, 0.4) is 0 Å². The lowest BCUT2D eigenvalue weighted by atomic mass is 10.2. The zero-order valence-electron chi connectivity index (χ0n) is 14.3. The normalized spacial score (nSPS) is 11.0. The highest BCUT2D eigenvalue weighted by Crippen LogP contribution is 2.21. The van der Waals surface area contributed by atoms with Gasteiger partial charge in [-0.1, -0.05) is 18.7 Å². The summed E-state index contributed by atoms with van der Waals surface area (Å²) < 4.78 is 4.11. The first kappa shape index (κ1) is 16.0. The van der Waals surface area contributed by atoms with Crippen LogP contribution in [0.25, 0.3) is 32.9 Å². The molecule has 0 bridgehead atoms. The van der Waals surface area contributed by atoms with Gasteiger partial charge in [-0.05, 0) is 24.3 Å². The molecule has 0 aliphatic heterocycles. The first-order valence-corrected chi connectivity index (χ1v) is 8.52. The van der Waals surface area contributed by atoms with Crippen molar-refractivity contribution < 1.29 is 0 Å². The fraction of sp³-hybridized carbons (Fsp3) is 0.200. The maximum atomic E-state index is 7.01. The zero-order chi connectivity index (χ0) is 17.9. The predicted molar refractivity (Wildman–Crippen MR) is 103 cm³/mol. The molecular formula is C20H18N6. The van der Waals surface area contributed by atoms with Crippen LogP contribution in [0.1, 0.15) is 17.9 Å². The maximum Gasteiger partial charge on any atom is 0.216 e. The molecule has 0 aliphatic carbocycles. The monoisotopic (exact) mass is 342 g/mol. The van der Waals surface area contributed by atoms with E-state index in [1.54, 1.807) is 12.3 Å². The molecule has 6 heteroatoms. The van der Waals surface area contributed by atoms with Crippen molar-refractivity contribution in [1.82, 2.24) is 24.3 Å². The van der Waals surface area contributed by atoms with Crippen LogP contribution in [0.15, 0.2) is 49.3 Å². The second kappa shape index (κ2) is 6.81. The maximum absolute atomic E-state index is 7.01. The first-order chi connectivity index (χ1) is 12.8. The summed E-state index contributed by atoms with van der Waals surface area (Å²) in [4.78, 5) is 12.5. The van der Waals surface area contributed by atoms with Crippen molar-refractivity contribution in [1.29, 1.82) is 0 Å². The molecule has 0 saturated heterocycles. The second-order valence-electron chi connectivity index (χ2n) is 6.04. The third-order valence-electron chi connectivity index (χ3n) is 4.45. The van der Waals surface area contributed by atoms with Gasteiger partial charge in [-0.2, -0.15) is 5.10 Å². The van der Waals surface area contributed by atoms with Crippen molar-refractivity contribution in [3.8, 4) is 0 Å². The van der Waals surface area contributed by atoms with Gasteiger partial charge in [-0.15, -0.1) is 0 Å². The van der Waals surface area contributed by atoms with Crippen LogP contribution >= 0.6 is 0 Å². The Kier molecular flexibility index (Phi) is 4.20. The topological polar surface area (TPSA) is 52.9 Å². The van der Waals surface area contributed by atoms with Crippen LogP contribution in [0, 0.1) is 6.57 Å². The number of para-hydroxylation sites is 2. The molecule has 128 valence electrons. The molecule has 0 aliphatic rings. The smallest absolute Gasteiger partial charge is 0.216 e. The van der Waals surface area contributed by atoms with Gasteiger partial charge in [0, 0.05) is 24.5 Å². The third kappa shape index (κ3) is 2.74. The number of hydrogen-bond acceptors (Lipinski definition) is 3. The van der Waals surface area contributed by atoms with Crippen LogP contribution < -0.4 is 0 Å². The summed E-state index contributed by atoms with van der Waals surface area (Å²) in [5.41, 5.74) is 3.86. The molecule has 3 aromatic heterocycles. The summed E-state index contributed by atoms with van der Waals surface area (Å²) in [6.45, 7) is 12.7. The summed E-state index contributed by atoms with van der Waals surface area (Å²) in [5.74, 6) is 0.931. The zero-order valence-corrected chi connectivity index (χ0v) is 14.3. The minimum atomic E-state index is 0.515. The Balaban J connectivity index is 1.79. The Bertz CT molecular complexity index is 1130. The molecule has 0 N–H and O–H groups in total. The SMILES string of the molecule is [C-]#[N+]CCCn1c(Cn2nc(C=C)c3ccncc32)nc2ccccc21. The first-order valence-electron chi connectivity index (χ1n) is 8.52. The van der Waals surface area contributed by atoms with Crippen LogP contribution in [-0.4, -0.2) is 30.9 Å². The van der Waals surface area contributed by atoms with Crippen LogP contribution in [0.5, 0.6) is 0 Å². The van der Waals surface area contributed by atoms with Crippen LogP contribution in [0.4, 0.5) is 0 Å². The van der Waals surface area contributed by atoms with Crippen LogP contribution in [0.2, 0.25) is 0 Å². The van der Waals surface area contributed by atoms with Crippen molar-refractivity contribution in [3.05, 3.63) is 72.2 Å². The van der Waals surface area contributed by atoms with Gasteiger partial charge >= 0.3 is 0 Å². The van der Waals surface area contributed by atoms with Gasteiger partial charge in [0.05, 0.1) is 35.0 Å². The number of nitrogens with zero attached hydrogens (tertiary/aromatic N) is 6. The average Bonchev–Trinajstić information content (AvgIpc) is 3.21. The Morgan fingerprint density at radius 3 is 2.92 bits per heavy atom. The van der Waals surface area contributed by atoms with E-state index in [1.165, 1.54) is 0 Å². The summed E-state index contributed by atoms with van der Waals surface area (Å²) in [6.07, 6.45) is 6.15. The lowest BCUT2D eigenvalue weighted by Crippen LogP contribution is -2.10. The highest BCUT2D eigenvalue weighted by molar-refractivity contribution is 5.86. The number of hydrogen-bond donors (Lipinski definition) is 0. The number of pyridine rings is 1. The molecule has 0 spiro atoms. The van der Waals surface area contributed by atoms with Crippen molar-refractivity contribution in [3.63, 3.8) is 0 Å². The van der Waals surface area contributed by atoms with Crippen LogP contribution in [-0.2, 0) is 13.1 Å². The van der Waals surface area contributed by atoms with E-state index in [4.69, 9.17) is 11.6 Å². The Morgan fingerprint density at radius 1 is 1.19 bits per heavy atom. The molecule has 1 aromatic carbocycles. The van der Waals surface area contributed by atoms with E-state index in [1.807, 2.05) is 35.1 Å². The van der Waals surface area contributed by atoms with Crippen molar-refractivity contribution in [2.45, 2.75) is 19.5 Å². The molecule has 0 saturated carbocycles. The largest absolute Gasteiger partial charge is 0.326 e. The number of aryl methyl sites for hydroxylation is 1. The molecule has 4 rings (SSSR count). The fourth-order valence-electron chi connectivity index (χ4n) is 3.25. The van der Waals surface area contributed by atoms with Crippen molar-refractivity contribution in [2.75, 3.05) is 6.54 Å². The highest BCUT2D eigenvalue weighted by atomic mass is 15.3. The standard InChI is InChI=1S/C20H18N6/c1-3-16-15-9-11-22-13-19(15)26(24-16)14-20-23-17-7-4-5-8-18(17)25(20)12-6-10-21-2/h3-5,7-9,11,13H,1,6,10,12,14H2. The summed E-state index contributed by atoms with van der Waals surface area (Å²) in [7, 11) is 0. The Morgan fingerprint density at radius 2 is 2.08 bits per heavy atom. The van der Waals surface area contributed by atoms with E-state index >= 15 is 0 Å². The summed E-state index contributed by atoms with van der Waals surface area (Å²) in [6, 6.07) is 10.0. The van der Waals surface area contributed by atoms with Gasteiger partial charge in [0.15, 0.2) is 0 Å². The van der Waals surface area contributed by atoms with E-state index in [2.05, 4.69) is 32.1 Å². The fourth-order valence-corrected chi connectivity index (χ4v) is 3.25. The van der Waals surface area contributed by atoms with Gasteiger partial charge in [0.25, 0.3) is 0 Å². The van der Waals surface area contributed by atoms with Gasteiger partial charge < -0.3 is 9.41 Å². The van der Waals surface area contributed by atoms with Gasteiger partial charge in [0.1, 0.15) is 5.82 Å². The quantitative estimate of drug-likeness (QED) is 0.396. The highest BCUT2D eigenvalue weighted by Gasteiger charge is 2.14. The van der Waals surface area contributed by atoms with E-state index in [0.29, 0.717) is 13.1 Å². The molecule has 3 heterocycles. The van der Waals surface area contributed by atoms with E-state index in [-0.39, 0.29) is 0 Å². The van der Waals surface area contributed by atoms with Crippen molar-refractivity contribution >= 4 is 28.0 Å². The van der Waals surface area contributed by atoms with Gasteiger partial charge in [-0.25, -0.2) is 11.6 Å².